The van der Waals surface area contributed by atoms with Crippen LogP contribution in [0.5, 0.6) is 0 Å². The first-order valence-electron chi connectivity index (χ1n) is 8.43. The van der Waals surface area contributed by atoms with Crippen LogP contribution in [0.4, 0.5) is 0 Å². The molecule has 0 aromatic carbocycles. The zero-order valence-electron chi connectivity index (χ0n) is 14.2. The number of hydrogen-bond donors (Lipinski definition) is 2. The van der Waals surface area contributed by atoms with E-state index in [1.807, 2.05) is 7.05 Å². The normalized spacial score (nSPS) is 17.8. The van der Waals surface area contributed by atoms with Crippen molar-refractivity contribution in [3.05, 3.63) is 0 Å². The Kier molecular flexibility index (Phi) is 10.3. The summed E-state index contributed by atoms with van der Waals surface area (Å²) in [5.41, 5.74) is 0. The fraction of sp³-hybridized carbons (Fsp3) is 0.938. The largest absolute Gasteiger partial charge is 0.376 e. The highest BCUT2D eigenvalue weighted by atomic mass is 16.5. The molecule has 5 heteroatoms. The summed E-state index contributed by atoms with van der Waals surface area (Å²) < 4.78 is 5.96. The van der Waals surface area contributed by atoms with Crippen molar-refractivity contribution >= 4 is 5.96 Å². The van der Waals surface area contributed by atoms with Gasteiger partial charge in [-0.05, 0) is 39.9 Å². The van der Waals surface area contributed by atoms with Crippen molar-refractivity contribution < 1.29 is 4.74 Å². The molecule has 0 amide bonds. The van der Waals surface area contributed by atoms with Crippen LogP contribution in [0.25, 0.3) is 0 Å². The van der Waals surface area contributed by atoms with Crippen LogP contribution in [-0.2, 0) is 4.74 Å². The number of guanidine groups is 1. The summed E-state index contributed by atoms with van der Waals surface area (Å²) in [5, 5.41) is 6.64. The Morgan fingerprint density at radius 3 is 2.38 bits per heavy atom. The van der Waals surface area contributed by atoms with E-state index in [4.69, 9.17) is 4.74 Å². The maximum absolute atomic E-state index is 5.96. The van der Waals surface area contributed by atoms with E-state index in [0.29, 0.717) is 6.10 Å². The summed E-state index contributed by atoms with van der Waals surface area (Å²) in [6.07, 6.45) is 9.47. The highest BCUT2D eigenvalue weighted by molar-refractivity contribution is 5.79. The molecular weight excluding hydrogens is 264 g/mol. The summed E-state index contributed by atoms with van der Waals surface area (Å²) in [7, 11) is 6.00. The van der Waals surface area contributed by atoms with Crippen LogP contribution in [-0.4, -0.2) is 64.3 Å². The second-order valence-electron chi connectivity index (χ2n) is 6.07. The van der Waals surface area contributed by atoms with Crippen molar-refractivity contribution in [2.45, 2.75) is 51.0 Å². The van der Waals surface area contributed by atoms with E-state index in [1.165, 1.54) is 38.5 Å². The van der Waals surface area contributed by atoms with Crippen LogP contribution in [0.1, 0.15) is 44.9 Å². The van der Waals surface area contributed by atoms with Gasteiger partial charge in [0.1, 0.15) is 0 Å². The summed E-state index contributed by atoms with van der Waals surface area (Å²) in [4.78, 5) is 6.42. The monoisotopic (exact) mass is 298 g/mol. The SMILES string of the molecule is CN=C(NCCCN(C)C)NCCOC1CCCCCC1. The van der Waals surface area contributed by atoms with Gasteiger partial charge in [0.15, 0.2) is 5.96 Å². The van der Waals surface area contributed by atoms with Gasteiger partial charge in [0, 0.05) is 20.1 Å². The maximum Gasteiger partial charge on any atom is 0.191 e. The highest BCUT2D eigenvalue weighted by Gasteiger charge is 2.11. The quantitative estimate of drug-likeness (QED) is 0.311. The Labute approximate surface area is 130 Å². The molecular formula is C16H34N4O. The molecule has 1 aliphatic carbocycles. The van der Waals surface area contributed by atoms with Crippen molar-refractivity contribution in [1.29, 1.82) is 0 Å². The third kappa shape index (κ3) is 9.69. The topological polar surface area (TPSA) is 48.9 Å². The smallest absolute Gasteiger partial charge is 0.191 e. The second kappa shape index (κ2) is 11.8. The predicted octanol–water partition coefficient (Wildman–Crippen LogP) is 1.84. The molecule has 0 aromatic rings. The van der Waals surface area contributed by atoms with Crippen LogP contribution in [0.3, 0.4) is 0 Å². The third-order valence-corrected chi connectivity index (χ3v) is 3.85. The van der Waals surface area contributed by atoms with Crippen molar-refractivity contribution in [3.63, 3.8) is 0 Å². The van der Waals surface area contributed by atoms with Gasteiger partial charge in [-0.1, -0.05) is 25.7 Å². The molecule has 0 spiro atoms. The molecule has 0 atom stereocenters. The van der Waals surface area contributed by atoms with Gasteiger partial charge in [0.05, 0.1) is 12.7 Å². The number of aliphatic imine (C=N–C) groups is 1. The first-order valence-corrected chi connectivity index (χ1v) is 8.43. The molecule has 1 fully saturated rings. The lowest BCUT2D eigenvalue weighted by molar-refractivity contribution is 0.0468. The molecule has 5 nitrogen and oxygen atoms in total. The Balaban J connectivity index is 2.03. The highest BCUT2D eigenvalue weighted by Crippen LogP contribution is 2.19. The van der Waals surface area contributed by atoms with Crippen molar-refractivity contribution in [2.75, 3.05) is 47.4 Å². The number of hydrogen-bond acceptors (Lipinski definition) is 3. The van der Waals surface area contributed by atoms with E-state index in [9.17, 15) is 0 Å². The Bertz CT molecular complexity index is 273. The Morgan fingerprint density at radius 1 is 1.10 bits per heavy atom. The molecule has 1 aliphatic rings. The first kappa shape index (κ1) is 18.2. The van der Waals surface area contributed by atoms with Gasteiger partial charge < -0.3 is 20.3 Å². The van der Waals surface area contributed by atoms with Gasteiger partial charge >= 0.3 is 0 Å². The Hall–Kier alpha value is -0.810. The minimum absolute atomic E-state index is 0.476. The second-order valence-corrected chi connectivity index (χ2v) is 6.07. The van der Waals surface area contributed by atoms with Crippen LogP contribution in [0, 0.1) is 0 Å². The van der Waals surface area contributed by atoms with E-state index in [-0.39, 0.29) is 0 Å². The van der Waals surface area contributed by atoms with E-state index in [1.54, 1.807) is 0 Å². The Morgan fingerprint density at radius 2 is 1.76 bits per heavy atom. The molecule has 0 bridgehead atoms. The molecule has 124 valence electrons. The lowest BCUT2D eigenvalue weighted by Gasteiger charge is -2.17. The van der Waals surface area contributed by atoms with E-state index in [2.05, 4.69) is 34.6 Å². The summed E-state index contributed by atoms with van der Waals surface area (Å²) in [5.74, 6) is 0.873. The van der Waals surface area contributed by atoms with Gasteiger partial charge in [-0.2, -0.15) is 0 Å². The third-order valence-electron chi connectivity index (χ3n) is 3.85. The fourth-order valence-electron chi connectivity index (χ4n) is 2.63. The molecule has 21 heavy (non-hydrogen) atoms. The van der Waals surface area contributed by atoms with Crippen molar-refractivity contribution in [3.8, 4) is 0 Å². The molecule has 2 N–H and O–H groups in total. The van der Waals surface area contributed by atoms with Gasteiger partial charge in [-0.3, -0.25) is 4.99 Å². The minimum Gasteiger partial charge on any atom is -0.376 e. The van der Waals surface area contributed by atoms with Crippen LogP contribution >= 0.6 is 0 Å². The van der Waals surface area contributed by atoms with Gasteiger partial charge in [-0.15, -0.1) is 0 Å². The number of ether oxygens (including phenoxy) is 1. The molecule has 0 radical (unpaired) electrons. The van der Waals surface area contributed by atoms with E-state index in [0.717, 1.165) is 38.6 Å². The van der Waals surface area contributed by atoms with E-state index < -0.39 is 0 Å². The zero-order chi connectivity index (χ0) is 15.3. The molecule has 1 rings (SSSR count). The van der Waals surface area contributed by atoms with Gasteiger partial charge in [-0.25, -0.2) is 0 Å². The van der Waals surface area contributed by atoms with E-state index >= 15 is 0 Å². The molecule has 1 saturated carbocycles. The van der Waals surface area contributed by atoms with Crippen LogP contribution < -0.4 is 10.6 Å². The van der Waals surface area contributed by atoms with Gasteiger partial charge in [0.2, 0.25) is 0 Å². The van der Waals surface area contributed by atoms with Crippen LogP contribution in [0.2, 0.25) is 0 Å². The fourth-order valence-corrected chi connectivity index (χ4v) is 2.63. The standard InChI is InChI=1S/C16H34N4O/c1-17-16(18-11-8-13-20(2)3)19-12-14-21-15-9-6-4-5-7-10-15/h15H,4-14H2,1-3H3,(H2,17,18,19). The summed E-state index contributed by atoms with van der Waals surface area (Å²) >= 11 is 0. The minimum atomic E-state index is 0.476. The first-order chi connectivity index (χ1) is 10.2. The average molecular weight is 298 g/mol. The molecule has 0 aliphatic heterocycles. The van der Waals surface area contributed by atoms with Gasteiger partial charge in [0.25, 0.3) is 0 Å². The summed E-state index contributed by atoms with van der Waals surface area (Å²) in [6, 6.07) is 0. The number of rotatable bonds is 8. The molecule has 0 heterocycles. The van der Waals surface area contributed by atoms with Crippen molar-refractivity contribution in [2.24, 2.45) is 4.99 Å². The lowest BCUT2D eigenvalue weighted by Crippen LogP contribution is -2.40. The average Bonchev–Trinajstić information content (AvgIpc) is 2.74. The molecule has 0 unspecified atom stereocenters. The molecule has 0 saturated heterocycles. The molecule has 0 aromatic heterocycles. The predicted molar refractivity (Wildman–Crippen MR) is 90.0 cm³/mol. The maximum atomic E-state index is 5.96. The summed E-state index contributed by atoms with van der Waals surface area (Å²) in [6.45, 7) is 3.63. The number of nitrogens with zero attached hydrogens (tertiary/aromatic N) is 2. The zero-order valence-corrected chi connectivity index (χ0v) is 14.2. The lowest BCUT2D eigenvalue weighted by atomic mass is 10.1. The van der Waals surface area contributed by atoms with Crippen molar-refractivity contribution in [1.82, 2.24) is 15.5 Å². The number of nitrogens with one attached hydrogen (secondary N) is 2. The van der Waals surface area contributed by atoms with Crippen LogP contribution in [0.15, 0.2) is 4.99 Å².